The van der Waals surface area contributed by atoms with Gasteiger partial charge in [0.25, 0.3) is 5.56 Å². The van der Waals surface area contributed by atoms with Crippen LogP contribution in [0.15, 0.2) is 69.6 Å². The quantitative estimate of drug-likeness (QED) is 0.420. The monoisotopic (exact) mass is 467 g/mol. The molecule has 0 fully saturated rings. The van der Waals surface area contributed by atoms with E-state index < -0.39 is 23.0 Å². The molecule has 2 aromatic heterocycles. The molecule has 33 heavy (non-hydrogen) atoms. The Balaban J connectivity index is 2.03. The van der Waals surface area contributed by atoms with Crippen molar-refractivity contribution >= 4 is 11.3 Å². The molecule has 166 valence electrons. The van der Waals surface area contributed by atoms with Gasteiger partial charge in [-0.15, -0.1) is 11.3 Å². The number of benzene rings is 2. The number of rotatable bonds is 3. The van der Waals surface area contributed by atoms with Crippen molar-refractivity contribution in [3.05, 3.63) is 97.6 Å². The molecule has 2 heterocycles. The first kappa shape index (κ1) is 22.3. The molecule has 4 rings (SSSR count). The van der Waals surface area contributed by atoms with E-state index >= 15 is 0 Å². The number of nitriles is 1. The van der Waals surface area contributed by atoms with Gasteiger partial charge in [-0.25, -0.2) is 4.79 Å². The highest BCUT2D eigenvalue weighted by atomic mass is 32.1. The van der Waals surface area contributed by atoms with Crippen molar-refractivity contribution < 1.29 is 13.2 Å². The highest BCUT2D eigenvalue weighted by Gasteiger charge is 2.31. The summed E-state index contributed by atoms with van der Waals surface area (Å²) in [6.07, 6.45) is -4.58. The van der Waals surface area contributed by atoms with Gasteiger partial charge in [0, 0.05) is 28.7 Å². The second kappa shape index (κ2) is 8.22. The van der Waals surface area contributed by atoms with Crippen LogP contribution in [-0.2, 0) is 13.2 Å². The first-order valence-electron chi connectivity index (χ1n) is 9.72. The molecule has 0 atom stereocenters. The van der Waals surface area contributed by atoms with E-state index in [0.29, 0.717) is 21.6 Å². The normalized spacial score (nSPS) is 11.4. The van der Waals surface area contributed by atoms with Gasteiger partial charge in [0.05, 0.1) is 28.4 Å². The summed E-state index contributed by atoms with van der Waals surface area (Å²) < 4.78 is 41.8. The van der Waals surface area contributed by atoms with E-state index in [1.54, 1.807) is 35.7 Å². The van der Waals surface area contributed by atoms with Crippen molar-refractivity contribution in [2.45, 2.75) is 13.1 Å². The maximum Gasteiger partial charge on any atom is 0.416 e. The summed E-state index contributed by atoms with van der Waals surface area (Å²) in [6, 6.07) is 15.2. The van der Waals surface area contributed by atoms with Gasteiger partial charge < -0.3 is 0 Å². The van der Waals surface area contributed by atoms with Crippen LogP contribution in [0.5, 0.6) is 0 Å². The van der Waals surface area contributed by atoms with Crippen LogP contribution in [0.2, 0.25) is 0 Å². The topological polar surface area (TPSA) is 67.8 Å². The fraction of sp³-hybridized carbons (Fsp3) is 0.125. The van der Waals surface area contributed by atoms with Crippen LogP contribution in [0.1, 0.15) is 16.8 Å². The summed E-state index contributed by atoms with van der Waals surface area (Å²) in [7, 11) is 1.28. The van der Waals surface area contributed by atoms with Crippen LogP contribution >= 0.6 is 11.3 Å². The fourth-order valence-electron chi connectivity index (χ4n) is 3.74. The average molecular weight is 467 g/mol. The predicted molar refractivity (Wildman–Crippen MR) is 120 cm³/mol. The number of hydrogen-bond donors (Lipinski definition) is 0. The summed E-state index contributed by atoms with van der Waals surface area (Å²) in [5, 5.41) is 11.3. The number of thiophene rings is 1. The Morgan fingerprint density at radius 1 is 1.00 bits per heavy atom. The van der Waals surface area contributed by atoms with Gasteiger partial charge in [-0.3, -0.25) is 13.9 Å². The van der Waals surface area contributed by atoms with E-state index in [9.17, 15) is 28.0 Å². The average Bonchev–Trinajstić information content (AvgIpc) is 3.26. The molecule has 0 spiro atoms. The van der Waals surface area contributed by atoms with E-state index in [-0.39, 0.29) is 16.9 Å². The van der Waals surface area contributed by atoms with Crippen LogP contribution in [0.4, 0.5) is 13.2 Å². The first-order valence-corrected chi connectivity index (χ1v) is 10.6. The van der Waals surface area contributed by atoms with Gasteiger partial charge in [-0.1, -0.05) is 24.3 Å². The lowest BCUT2D eigenvalue weighted by atomic mass is 9.99. The zero-order valence-electron chi connectivity index (χ0n) is 17.5. The van der Waals surface area contributed by atoms with Crippen molar-refractivity contribution in [1.82, 2.24) is 9.13 Å². The third-order valence-electron chi connectivity index (χ3n) is 5.35. The van der Waals surface area contributed by atoms with Gasteiger partial charge in [-0.05, 0) is 42.6 Å². The molecule has 0 aliphatic heterocycles. The van der Waals surface area contributed by atoms with Crippen LogP contribution in [-0.4, -0.2) is 9.13 Å². The van der Waals surface area contributed by atoms with E-state index in [1.165, 1.54) is 37.4 Å². The Kier molecular flexibility index (Phi) is 5.56. The molecule has 4 aromatic rings. The third-order valence-corrected chi connectivity index (χ3v) is 6.30. The molecular formula is C24H16F3N3O2S. The minimum atomic E-state index is -4.58. The van der Waals surface area contributed by atoms with E-state index in [1.807, 2.05) is 0 Å². The van der Waals surface area contributed by atoms with Gasteiger partial charge in [-0.2, -0.15) is 18.4 Å². The summed E-state index contributed by atoms with van der Waals surface area (Å²) in [6.45, 7) is 1.52. The van der Waals surface area contributed by atoms with Gasteiger partial charge in [0.2, 0.25) is 0 Å². The molecule has 0 bridgehead atoms. The zero-order chi connectivity index (χ0) is 23.9. The smallest absolute Gasteiger partial charge is 0.268 e. The number of nitrogens with zero attached hydrogens (tertiary/aromatic N) is 3. The maximum atomic E-state index is 13.3. The molecule has 0 radical (unpaired) electrons. The molecule has 0 saturated heterocycles. The molecular weight excluding hydrogens is 451 g/mol. The molecule has 0 N–H and O–H groups in total. The summed E-state index contributed by atoms with van der Waals surface area (Å²) in [5.41, 5.74) is -0.300. The molecule has 5 nitrogen and oxygen atoms in total. The Bertz CT molecular complexity index is 1540. The van der Waals surface area contributed by atoms with Gasteiger partial charge in [0.1, 0.15) is 0 Å². The van der Waals surface area contributed by atoms with Crippen molar-refractivity contribution in [3.8, 4) is 33.3 Å². The van der Waals surface area contributed by atoms with E-state index in [0.717, 1.165) is 21.3 Å². The zero-order valence-corrected chi connectivity index (χ0v) is 18.3. The largest absolute Gasteiger partial charge is 0.416 e. The molecule has 0 aliphatic carbocycles. The first-order chi connectivity index (χ1) is 15.6. The van der Waals surface area contributed by atoms with Crippen molar-refractivity contribution in [1.29, 1.82) is 5.26 Å². The summed E-state index contributed by atoms with van der Waals surface area (Å²) in [5.74, 6) is 0. The summed E-state index contributed by atoms with van der Waals surface area (Å²) in [4.78, 5) is 26.8. The molecule has 0 aliphatic rings. The van der Waals surface area contributed by atoms with Crippen LogP contribution < -0.4 is 11.2 Å². The van der Waals surface area contributed by atoms with E-state index in [2.05, 4.69) is 6.07 Å². The minimum Gasteiger partial charge on any atom is -0.268 e. The van der Waals surface area contributed by atoms with E-state index in [4.69, 9.17) is 0 Å². The van der Waals surface area contributed by atoms with Gasteiger partial charge in [0.15, 0.2) is 0 Å². The van der Waals surface area contributed by atoms with Crippen molar-refractivity contribution in [3.63, 3.8) is 0 Å². The van der Waals surface area contributed by atoms with Crippen molar-refractivity contribution in [2.24, 2.45) is 7.05 Å². The molecule has 0 unspecified atom stereocenters. The maximum absolute atomic E-state index is 13.3. The molecule has 0 saturated carbocycles. The second-order valence-electron chi connectivity index (χ2n) is 7.31. The standard InChI is InChI=1S/C24H16F3N3O2S/c1-14-20(19-10-11-33-21(19)18-9-4-3-6-15(18)13-28)22(31)29(2)23(32)30(14)17-8-5-7-16(12-17)24(25,26)27/h3-12H,1-2H3. The molecule has 0 amide bonds. The second-order valence-corrected chi connectivity index (χ2v) is 8.23. The Labute approximate surface area is 190 Å². The Hall–Kier alpha value is -3.90. The number of alkyl halides is 3. The summed E-state index contributed by atoms with van der Waals surface area (Å²) >= 11 is 1.33. The SMILES string of the molecule is Cc1c(-c2ccsc2-c2ccccc2C#N)c(=O)n(C)c(=O)n1-c1cccc(C(F)(F)F)c1. The van der Waals surface area contributed by atoms with Gasteiger partial charge >= 0.3 is 11.9 Å². The fourth-order valence-corrected chi connectivity index (χ4v) is 4.69. The molecule has 2 aromatic carbocycles. The number of halogens is 3. The Morgan fingerprint density at radius 2 is 1.73 bits per heavy atom. The number of hydrogen-bond acceptors (Lipinski definition) is 4. The van der Waals surface area contributed by atoms with Crippen LogP contribution in [0.3, 0.4) is 0 Å². The third kappa shape index (κ3) is 3.79. The Morgan fingerprint density at radius 3 is 2.42 bits per heavy atom. The van der Waals surface area contributed by atoms with Crippen LogP contribution in [0, 0.1) is 18.3 Å². The van der Waals surface area contributed by atoms with Crippen molar-refractivity contribution in [2.75, 3.05) is 0 Å². The highest BCUT2D eigenvalue weighted by molar-refractivity contribution is 7.14. The minimum absolute atomic E-state index is 0.00150. The predicted octanol–water partition coefficient (Wildman–Crippen LogP) is 5.13. The number of aromatic nitrogens is 2. The lowest BCUT2D eigenvalue weighted by Crippen LogP contribution is -2.39. The highest BCUT2D eigenvalue weighted by Crippen LogP contribution is 2.38. The lowest BCUT2D eigenvalue weighted by Gasteiger charge is -2.17. The molecule has 9 heteroatoms. The lowest BCUT2D eigenvalue weighted by molar-refractivity contribution is -0.137. The van der Waals surface area contributed by atoms with Crippen LogP contribution in [0.25, 0.3) is 27.3 Å².